The molecule has 1 saturated carbocycles. The molecule has 0 atom stereocenters. The Bertz CT molecular complexity index is 585. The van der Waals surface area contributed by atoms with Crippen molar-refractivity contribution in [2.24, 2.45) is 0 Å². The molecule has 0 aromatic heterocycles. The Morgan fingerprint density at radius 3 is 2.64 bits per heavy atom. The molecule has 2 rings (SSSR count). The van der Waals surface area contributed by atoms with Crippen molar-refractivity contribution in [1.82, 2.24) is 4.90 Å². The molecule has 5 nitrogen and oxygen atoms in total. The van der Waals surface area contributed by atoms with E-state index < -0.39 is 0 Å². The van der Waals surface area contributed by atoms with E-state index in [1.807, 2.05) is 6.92 Å². The van der Waals surface area contributed by atoms with Crippen LogP contribution < -0.4 is 10.1 Å². The molecule has 1 aromatic carbocycles. The third-order valence-electron chi connectivity index (χ3n) is 3.73. The van der Waals surface area contributed by atoms with Crippen LogP contribution in [0.2, 0.25) is 5.02 Å². The molecule has 120 valence electrons. The van der Waals surface area contributed by atoms with Crippen molar-refractivity contribution >= 4 is 29.1 Å². The summed E-state index contributed by atoms with van der Waals surface area (Å²) in [5.41, 5.74) is 1.45. The quantitative estimate of drug-likeness (QED) is 0.875. The van der Waals surface area contributed by atoms with Gasteiger partial charge >= 0.3 is 0 Å². The number of nitrogens with zero attached hydrogens (tertiary/aromatic N) is 1. The second-order valence-electron chi connectivity index (χ2n) is 5.54. The maximum Gasteiger partial charge on any atom is 0.226 e. The predicted octanol–water partition coefficient (Wildman–Crippen LogP) is 3.00. The number of rotatable bonds is 6. The van der Waals surface area contributed by atoms with Gasteiger partial charge in [0.15, 0.2) is 0 Å². The van der Waals surface area contributed by atoms with E-state index in [9.17, 15) is 9.59 Å². The molecular formula is C16H21ClN2O3. The molecule has 0 radical (unpaired) electrons. The number of methoxy groups -OCH3 is 1. The standard InChI is InChI=1S/C16H21ClN2O3/c1-10-8-14(15(22-3)9-13(10)17)18-16(21)6-7-19(11(2)20)12-4-5-12/h8-9,12H,4-7H2,1-3H3,(H,18,21). The Balaban J connectivity index is 1.97. The van der Waals surface area contributed by atoms with Crippen LogP contribution in [0.5, 0.6) is 5.75 Å². The Hall–Kier alpha value is -1.75. The Labute approximate surface area is 135 Å². The summed E-state index contributed by atoms with van der Waals surface area (Å²) in [5, 5.41) is 3.41. The number of hydrogen-bond acceptors (Lipinski definition) is 3. The van der Waals surface area contributed by atoms with Crippen LogP contribution in [-0.2, 0) is 9.59 Å². The van der Waals surface area contributed by atoms with E-state index in [0.717, 1.165) is 18.4 Å². The molecular weight excluding hydrogens is 304 g/mol. The first-order chi connectivity index (χ1) is 10.4. The maximum atomic E-state index is 12.1. The lowest BCUT2D eigenvalue weighted by Gasteiger charge is -2.20. The van der Waals surface area contributed by atoms with E-state index in [-0.39, 0.29) is 18.2 Å². The number of halogens is 1. The molecule has 1 aromatic rings. The van der Waals surface area contributed by atoms with Crippen molar-refractivity contribution in [2.75, 3.05) is 19.0 Å². The van der Waals surface area contributed by atoms with Gasteiger partial charge in [-0.1, -0.05) is 11.6 Å². The van der Waals surface area contributed by atoms with Crippen LogP contribution in [0, 0.1) is 6.92 Å². The number of hydrogen-bond donors (Lipinski definition) is 1. The highest BCUT2D eigenvalue weighted by Crippen LogP contribution is 2.31. The van der Waals surface area contributed by atoms with Gasteiger partial charge in [-0.25, -0.2) is 0 Å². The molecule has 0 unspecified atom stereocenters. The number of ether oxygens (including phenoxy) is 1. The van der Waals surface area contributed by atoms with Crippen molar-refractivity contribution in [3.8, 4) is 5.75 Å². The van der Waals surface area contributed by atoms with Gasteiger partial charge in [0.2, 0.25) is 11.8 Å². The molecule has 1 fully saturated rings. The van der Waals surface area contributed by atoms with Gasteiger partial charge in [-0.05, 0) is 31.4 Å². The summed E-state index contributed by atoms with van der Waals surface area (Å²) >= 11 is 6.04. The largest absolute Gasteiger partial charge is 0.495 e. The lowest BCUT2D eigenvalue weighted by atomic mass is 10.2. The highest BCUT2D eigenvalue weighted by atomic mass is 35.5. The smallest absolute Gasteiger partial charge is 0.226 e. The van der Waals surface area contributed by atoms with Crippen LogP contribution in [0.4, 0.5) is 5.69 Å². The summed E-state index contributed by atoms with van der Waals surface area (Å²) in [5.74, 6) is 0.400. The average molecular weight is 325 g/mol. The van der Waals surface area contributed by atoms with Crippen molar-refractivity contribution in [2.45, 2.75) is 39.2 Å². The number of nitrogens with one attached hydrogen (secondary N) is 1. The van der Waals surface area contributed by atoms with Gasteiger partial charge < -0.3 is 15.0 Å². The highest BCUT2D eigenvalue weighted by Gasteiger charge is 2.30. The zero-order valence-electron chi connectivity index (χ0n) is 13.1. The summed E-state index contributed by atoms with van der Waals surface area (Å²) in [6.45, 7) is 3.85. The SMILES string of the molecule is COc1cc(Cl)c(C)cc1NC(=O)CCN(C(C)=O)C1CC1. The van der Waals surface area contributed by atoms with Crippen LogP contribution in [0.15, 0.2) is 12.1 Å². The van der Waals surface area contributed by atoms with Gasteiger partial charge in [0.1, 0.15) is 5.75 Å². The molecule has 1 N–H and O–H groups in total. The summed E-state index contributed by atoms with van der Waals surface area (Å²) in [4.78, 5) is 25.4. The fraction of sp³-hybridized carbons (Fsp3) is 0.500. The fourth-order valence-electron chi connectivity index (χ4n) is 2.35. The Morgan fingerprint density at radius 1 is 1.41 bits per heavy atom. The molecule has 22 heavy (non-hydrogen) atoms. The van der Waals surface area contributed by atoms with E-state index in [1.165, 1.54) is 7.11 Å². The van der Waals surface area contributed by atoms with Gasteiger partial charge in [-0.3, -0.25) is 9.59 Å². The topological polar surface area (TPSA) is 58.6 Å². The van der Waals surface area contributed by atoms with E-state index in [4.69, 9.17) is 16.3 Å². The van der Waals surface area contributed by atoms with Crippen LogP contribution >= 0.6 is 11.6 Å². The third-order valence-corrected chi connectivity index (χ3v) is 4.13. The molecule has 2 amide bonds. The van der Waals surface area contributed by atoms with Crippen LogP contribution in [0.3, 0.4) is 0 Å². The zero-order valence-corrected chi connectivity index (χ0v) is 13.9. The number of amides is 2. The molecule has 1 aliphatic carbocycles. The van der Waals surface area contributed by atoms with Crippen molar-refractivity contribution < 1.29 is 14.3 Å². The summed E-state index contributed by atoms with van der Waals surface area (Å²) in [7, 11) is 1.53. The minimum Gasteiger partial charge on any atom is -0.495 e. The molecule has 0 bridgehead atoms. The fourth-order valence-corrected chi connectivity index (χ4v) is 2.50. The van der Waals surface area contributed by atoms with Crippen LogP contribution in [-0.4, -0.2) is 36.4 Å². The highest BCUT2D eigenvalue weighted by molar-refractivity contribution is 6.31. The van der Waals surface area contributed by atoms with Gasteiger partial charge in [0.25, 0.3) is 0 Å². The van der Waals surface area contributed by atoms with Crippen molar-refractivity contribution in [3.05, 3.63) is 22.7 Å². The number of benzene rings is 1. The number of carbonyl (C=O) groups is 2. The van der Waals surface area contributed by atoms with Crippen LogP contribution in [0.25, 0.3) is 0 Å². The zero-order chi connectivity index (χ0) is 16.3. The van der Waals surface area contributed by atoms with Crippen molar-refractivity contribution in [3.63, 3.8) is 0 Å². The van der Waals surface area contributed by atoms with E-state index in [1.54, 1.807) is 24.0 Å². The lowest BCUT2D eigenvalue weighted by Crippen LogP contribution is -2.33. The second-order valence-corrected chi connectivity index (χ2v) is 5.95. The summed E-state index contributed by atoms with van der Waals surface area (Å²) in [6.07, 6.45) is 2.33. The predicted molar refractivity (Wildman–Crippen MR) is 86.4 cm³/mol. The van der Waals surface area contributed by atoms with Gasteiger partial charge in [-0.15, -0.1) is 0 Å². The van der Waals surface area contributed by atoms with Gasteiger partial charge in [0, 0.05) is 37.0 Å². The lowest BCUT2D eigenvalue weighted by molar-refractivity contribution is -0.129. The molecule has 1 aliphatic rings. The first-order valence-corrected chi connectivity index (χ1v) is 7.71. The minimum absolute atomic E-state index is 0.0233. The molecule has 0 spiro atoms. The number of aryl methyl sites for hydroxylation is 1. The Morgan fingerprint density at radius 2 is 2.09 bits per heavy atom. The van der Waals surface area contributed by atoms with Crippen LogP contribution in [0.1, 0.15) is 31.7 Å². The second kappa shape index (κ2) is 7.01. The first kappa shape index (κ1) is 16.6. The normalized spacial score (nSPS) is 13.6. The van der Waals surface area contributed by atoms with Gasteiger partial charge in [-0.2, -0.15) is 0 Å². The molecule has 0 saturated heterocycles. The molecule has 6 heteroatoms. The third kappa shape index (κ3) is 4.13. The maximum absolute atomic E-state index is 12.1. The van der Waals surface area contributed by atoms with Crippen molar-refractivity contribution in [1.29, 1.82) is 0 Å². The molecule has 0 heterocycles. The summed E-state index contributed by atoms with van der Waals surface area (Å²) in [6, 6.07) is 3.78. The molecule has 0 aliphatic heterocycles. The number of carbonyl (C=O) groups excluding carboxylic acids is 2. The Kier molecular flexibility index (Phi) is 5.29. The number of anilines is 1. The van der Waals surface area contributed by atoms with Gasteiger partial charge in [0.05, 0.1) is 12.8 Å². The van der Waals surface area contributed by atoms with E-state index >= 15 is 0 Å². The first-order valence-electron chi connectivity index (χ1n) is 7.33. The summed E-state index contributed by atoms with van der Waals surface area (Å²) < 4.78 is 5.23. The minimum atomic E-state index is -0.146. The van der Waals surface area contributed by atoms with E-state index in [2.05, 4.69) is 5.32 Å². The van der Waals surface area contributed by atoms with E-state index in [0.29, 0.717) is 29.0 Å². The average Bonchev–Trinajstić information content (AvgIpc) is 3.27. The monoisotopic (exact) mass is 324 g/mol.